The molecule has 0 aliphatic carbocycles. The normalized spacial score (nSPS) is 12.6. The molecule has 0 spiro atoms. The molecule has 2 aromatic heterocycles. The van der Waals surface area contributed by atoms with Crippen LogP contribution in [0.15, 0.2) is 73.1 Å². The van der Waals surface area contributed by atoms with Crippen LogP contribution in [0, 0.1) is 19.1 Å². The number of aryl methyl sites for hydroxylation is 1. The first-order valence-corrected chi connectivity index (χ1v) is 22.9. The first-order valence-electron chi connectivity index (χ1n) is 19.2. The van der Waals surface area contributed by atoms with Gasteiger partial charge in [0.15, 0.2) is 0 Å². The van der Waals surface area contributed by atoms with E-state index in [1.165, 1.54) is 16.7 Å². The van der Waals surface area contributed by atoms with Crippen LogP contribution >= 0.6 is 0 Å². The van der Waals surface area contributed by atoms with Crippen molar-refractivity contribution in [2.75, 3.05) is 0 Å². The summed E-state index contributed by atoms with van der Waals surface area (Å²) in [6.45, 7) is 29.5. The van der Waals surface area contributed by atoms with E-state index < -0.39 is 14.0 Å². The van der Waals surface area contributed by atoms with Gasteiger partial charge in [-0.05, 0) is 74.9 Å². The second kappa shape index (κ2) is 16.6. The number of aromatic nitrogens is 2. The minimum atomic E-state index is -2.95. The van der Waals surface area contributed by atoms with Gasteiger partial charge >= 0.3 is 21.1 Å². The van der Waals surface area contributed by atoms with Gasteiger partial charge in [-0.2, -0.15) is 0 Å². The fourth-order valence-corrected chi connectivity index (χ4v) is 8.42. The number of nitrogens with zero attached hydrogens (tertiary/aromatic N) is 2. The molecule has 0 unspecified atom stereocenters. The number of halogens is 2. The van der Waals surface area contributed by atoms with E-state index in [9.17, 15) is 0 Å². The summed E-state index contributed by atoms with van der Waals surface area (Å²) in [6, 6.07) is 27.4. The van der Waals surface area contributed by atoms with Crippen LogP contribution in [0.4, 0.5) is 8.78 Å². The molecule has 2 heterocycles. The first-order chi connectivity index (χ1) is 24.9. The van der Waals surface area contributed by atoms with E-state index in [2.05, 4.69) is 123 Å². The van der Waals surface area contributed by atoms with Crippen LogP contribution in [0.2, 0.25) is 25.7 Å². The Hall–Kier alpha value is -3.47. The van der Waals surface area contributed by atoms with Crippen LogP contribution in [-0.2, 0) is 37.8 Å². The molecule has 0 radical (unpaired) electrons. The Balaban J connectivity index is 0.00000673. The Bertz CT molecular complexity index is 2110. The first kappa shape index (κ1) is 44.2. The number of rotatable bonds is 10. The average Bonchev–Trinajstić information content (AvgIpc) is 3.06. The van der Waals surface area contributed by atoms with Gasteiger partial charge in [0.05, 0.1) is 8.07 Å². The zero-order valence-corrected chi connectivity index (χ0v) is 38.4. The molecule has 0 aliphatic rings. The topological polar surface area (TPSA) is 35.0 Å². The number of benzene rings is 3. The third-order valence-electron chi connectivity index (χ3n) is 9.86. The van der Waals surface area contributed by atoms with E-state index in [4.69, 9.17) is 9.72 Å². The molecule has 0 fully saturated rings. The monoisotopic (exact) mass is 939 g/mol. The molecular weight excluding hydrogens is 882 g/mol. The minimum absolute atomic E-state index is 0. The van der Waals surface area contributed by atoms with Gasteiger partial charge in [-0.1, -0.05) is 143 Å². The van der Waals surface area contributed by atoms with Crippen molar-refractivity contribution in [1.82, 2.24) is 9.97 Å². The number of pyridine rings is 2. The molecular formula is C48H58F2N2OPtSi. The van der Waals surface area contributed by atoms with Crippen LogP contribution in [0.1, 0.15) is 114 Å². The Labute approximate surface area is 345 Å². The molecule has 0 aliphatic heterocycles. The molecule has 3 aromatic carbocycles. The number of hydrogen-bond acceptors (Lipinski definition) is 3. The van der Waals surface area contributed by atoms with Crippen molar-refractivity contribution < 1.29 is 34.6 Å². The summed E-state index contributed by atoms with van der Waals surface area (Å²) in [6.07, 6.45) is 3.44. The van der Waals surface area contributed by atoms with Gasteiger partial charge in [-0.3, -0.25) is 0 Å². The SMILES string of the molecule is Cc1cnc(-c2[c-]c(Oc3[c-]c(-c4cc(-c5c(C(C)C)cccc5C(C)C)ccn4)cc(C(C)(C)C)c3)cc(C(C)(C)C)c2)cc1C(F)(F)C[Si](C)(C)C.[Pt+2]. The Kier molecular flexibility index (Phi) is 13.3. The maximum Gasteiger partial charge on any atom is 2.00 e. The van der Waals surface area contributed by atoms with Gasteiger partial charge in [-0.25, -0.2) is 8.78 Å². The largest absolute Gasteiger partial charge is 2.00 e. The molecule has 0 bridgehead atoms. The van der Waals surface area contributed by atoms with Crippen LogP contribution < -0.4 is 4.74 Å². The van der Waals surface area contributed by atoms with Crippen LogP contribution in [-0.4, -0.2) is 18.0 Å². The predicted molar refractivity (Wildman–Crippen MR) is 225 cm³/mol. The molecule has 3 nitrogen and oxygen atoms in total. The van der Waals surface area contributed by atoms with Gasteiger partial charge < -0.3 is 14.7 Å². The van der Waals surface area contributed by atoms with Gasteiger partial charge in [0.1, 0.15) is 0 Å². The van der Waals surface area contributed by atoms with Crippen molar-refractivity contribution in [2.24, 2.45) is 0 Å². The van der Waals surface area contributed by atoms with Gasteiger partial charge in [0, 0.05) is 35.5 Å². The second-order valence-corrected chi connectivity index (χ2v) is 24.2. The van der Waals surface area contributed by atoms with E-state index in [1.807, 2.05) is 44.0 Å². The Morgan fingerprint density at radius 2 is 1.20 bits per heavy atom. The maximum absolute atomic E-state index is 15.7. The van der Waals surface area contributed by atoms with Crippen LogP contribution in [0.3, 0.4) is 0 Å². The van der Waals surface area contributed by atoms with Gasteiger partial charge in [0.2, 0.25) is 0 Å². The number of alkyl halides is 2. The van der Waals surface area contributed by atoms with Crippen molar-refractivity contribution >= 4 is 8.07 Å². The molecule has 0 saturated carbocycles. The average molecular weight is 940 g/mol. The van der Waals surface area contributed by atoms with Crippen molar-refractivity contribution in [1.29, 1.82) is 0 Å². The summed E-state index contributed by atoms with van der Waals surface area (Å²) < 4.78 is 38.2. The summed E-state index contributed by atoms with van der Waals surface area (Å²) in [5.41, 5.74) is 9.81. The van der Waals surface area contributed by atoms with E-state index in [0.717, 1.165) is 27.9 Å². The number of ether oxygens (including phenoxy) is 1. The summed E-state index contributed by atoms with van der Waals surface area (Å²) >= 11 is 0. The zero-order chi connectivity index (χ0) is 40.0. The standard InChI is InChI=1S/C48H58F2N2OSi.Pt/c1-30(2)40-16-15-17-41(31(3)4)45(40)33-18-19-51-43(24-33)34-20-36(46(6,7)8)25-38(22-34)53-39-23-35(21-37(26-39)47(9,10)11)44-27-42(32(5)28-52-44)48(49,50)29-54(12,13)14;/h15-21,24-28,30-31H,29H2,1-14H3;/q-2;+2. The molecule has 0 amide bonds. The summed E-state index contributed by atoms with van der Waals surface area (Å²) in [5, 5.41) is 0. The molecule has 0 saturated heterocycles. The van der Waals surface area contributed by atoms with Crippen molar-refractivity contribution in [3.05, 3.63) is 119 Å². The van der Waals surface area contributed by atoms with E-state index in [1.54, 1.807) is 19.2 Å². The maximum atomic E-state index is 15.7. The Morgan fingerprint density at radius 3 is 1.65 bits per heavy atom. The summed E-state index contributed by atoms with van der Waals surface area (Å²) in [5.74, 6) is -1.23. The van der Waals surface area contributed by atoms with E-state index in [0.29, 0.717) is 40.2 Å². The fourth-order valence-electron chi connectivity index (χ4n) is 6.90. The molecule has 0 N–H and O–H groups in total. The van der Waals surface area contributed by atoms with Crippen LogP contribution in [0.5, 0.6) is 11.5 Å². The predicted octanol–water partition coefficient (Wildman–Crippen LogP) is 14.4. The van der Waals surface area contributed by atoms with Gasteiger partial charge in [0.25, 0.3) is 5.92 Å². The number of hydrogen-bond donors (Lipinski definition) is 0. The van der Waals surface area contributed by atoms with Gasteiger partial charge in [-0.15, -0.1) is 34.4 Å². The van der Waals surface area contributed by atoms with E-state index >= 15 is 8.78 Å². The molecule has 5 aromatic rings. The van der Waals surface area contributed by atoms with Crippen molar-refractivity contribution in [3.63, 3.8) is 0 Å². The molecule has 5 rings (SSSR count). The molecule has 0 atom stereocenters. The van der Waals surface area contributed by atoms with E-state index in [-0.39, 0.29) is 43.5 Å². The van der Waals surface area contributed by atoms with Crippen molar-refractivity contribution in [3.8, 4) is 45.1 Å². The third kappa shape index (κ3) is 10.7. The summed E-state index contributed by atoms with van der Waals surface area (Å²) in [7, 11) is -2.07. The summed E-state index contributed by atoms with van der Waals surface area (Å²) in [4.78, 5) is 9.48. The molecule has 294 valence electrons. The smallest absolute Gasteiger partial charge is 0.497 e. The Morgan fingerprint density at radius 1 is 0.709 bits per heavy atom. The van der Waals surface area contributed by atoms with Crippen LogP contribution in [0.25, 0.3) is 33.6 Å². The molecule has 7 heteroatoms. The third-order valence-corrected chi connectivity index (χ3v) is 11.4. The fraction of sp³-hybridized carbons (Fsp3) is 0.417. The second-order valence-electron chi connectivity index (χ2n) is 18.8. The zero-order valence-electron chi connectivity index (χ0n) is 35.2. The quantitative estimate of drug-likeness (QED) is 0.103. The minimum Gasteiger partial charge on any atom is -0.497 e. The van der Waals surface area contributed by atoms with Crippen molar-refractivity contribution in [2.45, 2.75) is 130 Å². The molecule has 55 heavy (non-hydrogen) atoms.